The van der Waals surface area contributed by atoms with E-state index in [1.807, 2.05) is 18.7 Å². The Morgan fingerprint density at radius 1 is 0.667 bits per heavy atom. The Hall–Kier alpha value is -0.530. The molecule has 0 unspecified atom stereocenters. The number of hydrogen-bond donors (Lipinski definition) is 0. The van der Waals surface area contributed by atoms with Crippen molar-refractivity contribution in [1.29, 1.82) is 0 Å². The average Bonchev–Trinajstić information content (AvgIpc) is 2.58. The van der Waals surface area contributed by atoms with Crippen LogP contribution in [0.1, 0.15) is 118 Å². The molecule has 24 heavy (non-hydrogen) atoms. The fourth-order valence-electron chi connectivity index (χ4n) is 3.29. The van der Waals surface area contributed by atoms with Crippen LogP contribution < -0.4 is 0 Å². The van der Waals surface area contributed by atoms with Gasteiger partial charge in [-0.05, 0) is 13.3 Å². The van der Waals surface area contributed by atoms with Crippen LogP contribution in [0, 0.1) is 5.92 Å². The molecule has 0 aliphatic carbocycles. The van der Waals surface area contributed by atoms with Crippen molar-refractivity contribution in [3.63, 3.8) is 0 Å². The summed E-state index contributed by atoms with van der Waals surface area (Å²) >= 11 is 0. The highest BCUT2D eigenvalue weighted by Crippen LogP contribution is 2.13. The van der Waals surface area contributed by atoms with Gasteiger partial charge in [-0.1, -0.05) is 104 Å². The van der Waals surface area contributed by atoms with Gasteiger partial charge in [0.15, 0.2) is 0 Å². The van der Waals surface area contributed by atoms with Crippen LogP contribution in [0.5, 0.6) is 0 Å². The SMILES string of the molecule is CCCCCCCCCCCCCCCCN(CC)C(=O)C(C)C. The summed E-state index contributed by atoms with van der Waals surface area (Å²) in [4.78, 5) is 14.0. The first-order chi connectivity index (χ1) is 11.6. The quantitative estimate of drug-likeness (QED) is 0.262. The molecule has 0 atom stereocenters. The Bertz CT molecular complexity index is 275. The van der Waals surface area contributed by atoms with E-state index in [0.717, 1.165) is 13.1 Å². The molecule has 0 saturated heterocycles. The molecule has 144 valence electrons. The van der Waals surface area contributed by atoms with Crippen molar-refractivity contribution >= 4 is 5.91 Å². The predicted molar refractivity (Wildman–Crippen MR) is 107 cm³/mol. The molecule has 0 fully saturated rings. The first-order valence-electron chi connectivity index (χ1n) is 10.9. The Morgan fingerprint density at radius 2 is 1.04 bits per heavy atom. The summed E-state index contributed by atoms with van der Waals surface area (Å²) < 4.78 is 0. The lowest BCUT2D eigenvalue weighted by atomic mass is 10.0. The third-order valence-corrected chi connectivity index (χ3v) is 4.97. The van der Waals surface area contributed by atoms with Crippen molar-refractivity contribution < 1.29 is 4.79 Å². The van der Waals surface area contributed by atoms with E-state index in [4.69, 9.17) is 0 Å². The average molecular weight is 340 g/mol. The van der Waals surface area contributed by atoms with Gasteiger partial charge < -0.3 is 4.90 Å². The second kappa shape index (κ2) is 17.3. The van der Waals surface area contributed by atoms with Gasteiger partial charge in [-0.25, -0.2) is 0 Å². The van der Waals surface area contributed by atoms with Crippen molar-refractivity contribution in [3.05, 3.63) is 0 Å². The van der Waals surface area contributed by atoms with E-state index < -0.39 is 0 Å². The molecule has 1 amide bonds. The fraction of sp³-hybridized carbons (Fsp3) is 0.955. The predicted octanol–water partition coefficient (Wildman–Crippen LogP) is 6.97. The van der Waals surface area contributed by atoms with Crippen molar-refractivity contribution in [3.8, 4) is 0 Å². The minimum Gasteiger partial charge on any atom is -0.343 e. The maximum Gasteiger partial charge on any atom is 0.225 e. The summed E-state index contributed by atoms with van der Waals surface area (Å²) in [5.41, 5.74) is 0. The zero-order chi connectivity index (χ0) is 18.0. The topological polar surface area (TPSA) is 20.3 Å². The lowest BCUT2D eigenvalue weighted by Crippen LogP contribution is -2.34. The third-order valence-electron chi connectivity index (χ3n) is 4.97. The summed E-state index contributed by atoms with van der Waals surface area (Å²) in [5.74, 6) is 0.448. The van der Waals surface area contributed by atoms with Crippen LogP contribution in [-0.2, 0) is 4.79 Å². The largest absolute Gasteiger partial charge is 0.343 e. The van der Waals surface area contributed by atoms with Gasteiger partial charge in [-0.3, -0.25) is 4.79 Å². The molecular weight excluding hydrogens is 294 g/mol. The van der Waals surface area contributed by atoms with E-state index in [1.165, 1.54) is 89.9 Å². The normalized spacial score (nSPS) is 11.2. The van der Waals surface area contributed by atoms with Gasteiger partial charge in [0, 0.05) is 19.0 Å². The van der Waals surface area contributed by atoms with E-state index in [2.05, 4.69) is 13.8 Å². The Labute approximate surface area is 152 Å². The number of hydrogen-bond acceptors (Lipinski definition) is 1. The highest BCUT2D eigenvalue weighted by Gasteiger charge is 2.14. The molecule has 0 rings (SSSR count). The van der Waals surface area contributed by atoms with Gasteiger partial charge in [0.1, 0.15) is 0 Å². The van der Waals surface area contributed by atoms with E-state index in [1.54, 1.807) is 0 Å². The van der Waals surface area contributed by atoms with Crippen LogP contribution in [-0.4, -0.2) is 23.9 Å². The molecule has 0 saturated carbocycles. The smallest absolute Gasteiger partial charge is 0.225 e. The van der Waals surface area contributed by atoms with Crippen LogP contribution in [0.4, 0.5) is 0 Å². The summed E-state index contributed by atoms with van der Waals surface area (Å²) in [6, 6.07) is 0. The minimum absolute atomic E-state index is 0.136. The Morgan fingerprint density at radius 3 is 1.38 bits per heavy atom. The molecule has 0 bridgehead atoms. The van der Waals surface area contributed by atoms with Crippen LogP contribution in [0.15, 0.2) is 0 Å². The number of rotatable bonds is 17. The molecule has 0 N–H and O–H groups in total. The van der Waals surface area contributed by atoms with Crippen molar-refractivity contribution in [2.24, 2.45) is 5.92 Å². The fourth-order valence-corrected chi connectivity index (χ4v) is 3.29. The molecule has 0 aromatic heterocycles. The minimum atomic E-state index is 0.136. The summed E-state index contributed by atoms with van der Waals surface area (Å²) in [7, 11) is 0. The molecule has 2 heteroatoms. The summed E-state index contributed by atoms with van der Waals surface area (Å²) in [5, 5.41) is 0. The van der Waals surface area contributed by atoms with Gasteiger partial charge >= 0.3 is 0 Å². The van der Waals surface area contributed by atoms with E-state index >= 15 is 0 Å². The number of carbonyl (C=O) groups excluding carboxylic acids is 1. The van der Waals surface area contributed by atoms with Gasteiger partial charge in [-0.2, -0.15) is 0 Å². The molecule has 0 heterocycles. The molecule has 0 aromatic carbocycles. The van der Waals surface area contributed by atoms with Crippen molar-refractivity contribution in [1.82, 2.24) is 4.90 Å². The first kappa shape index (κ1) is 23.5. The van der Waals surface area contributed by atoms with Crippen molar-refractivity contribution in [2.45, 2.75) is 118 Å². The van der Waals surface area contributed by atoms with Crippen LogP contribution in [0.25, 0.3) is 0 Å². The second-order valence-corrected chi connectivity index (χ2v) is 7.67. The molecule has 0 aromatic rings. The molecule has 2 nitrogen and oxygen atoms in total. The maximum atomic E-state index is 12.0. The number of nitrogens with zero attached hydrogens (tertiary/aromatic N) is 1. The lowest BCUT2D eigenvalue weighted by molar-refractivity contribution is -0.134. The molecule has 0 radical (unpaired) electrons. The van der Waals surface area contributed by atoms with Crippen LogP contribution in [0.3, 0.4) is 0 Å². The standard InChI is InChI=1S/C22H45NO/c1-5-7-8-9-10-11-12-13-14-15-16-17-18-19-20-23(6-2)22(24)21(3)4/h21H,5-20H2,1-4H3. The molecule has 0 spiro atoms. The van der Waals surface area contributed by atoms with E-state index in [-0.39, 0.29) is 5.92 Å². The first-order valence-corrected chi connectivity index (χ1v) is 10.9. The highest BCUT2D eigenvalue weighted by atomic mass is 16.2. The van der Waals surface area contributed by atoms with Gasteiger partial charge in [-0.15, -0.1) is 0 Å². The number of amides is 1. The van der Waals surface area contributed by atoms with Gasteiger partial charge in [0.2, 0.25) is 5.91 Å². The number of unbranched alkanes of at least 4 members (excludes halogenated alkanes) is 13. The molecule has 0 aliphatic heterocycles. The van der Waals surface area contributed by atoms with Gasteiger partial charge in [0.25, 0.3) is 0 Å². The molecule has 0 aliphatic rings. The number of carbonyl (C=O) groups is 1. The summed E-state index contributed by atoms with van der Waals surface area (Å²) in [6.07, 6.45) is 19.4. The van der Waals surface area contributed by atoms with E-state index in [0.29, 0.717) is 5.91 Å². The second-order valence-electron chi connectivity index (χ2n) is 7.67. The van der Waals surface area contributed by atoms with Crippen molar-refractivity contribution in [2.75, 3.05) is 13.1 Å². The van der Waals surface area contributed by atoms with Crippen LogP contribution >= 0.6 is 0 Å². The maximum absolute atomic E-state index is 12.0. The Balaban J connectivity index is 3.29. The van der Waals surface area contributed by atoms with Crippen LogP contribution in [0.2, 0.25) is 0 Å². The van der Waals surface area contributed by atoms with Gasteiger partial charge in [0.05, 0.1) is 0 Å². The lowest BCUT2D eigenvalue weighted by Gasteiger charge is -2.22. The van der Waals surface area contributed by atoms with E-state index in [9.17, 15) is 4.79 Å². The third kappa shape index (κ3) is 13.9. The zero-order valence-electron chi connectivity index (χ0n) is 17.2. The Kier molecular flexibility index (Phi) is 16.9. The zero-order valence-corrected chi connectivity index (χ0v) is 17.2. The highest BCUT2D eigenvalue weighted by molar-refractivity contribution is 5.78. The molecular formula is C22H45NO. The summed E-state index contributed by atoms with van der Waals surface area (Å²) in [6.45, 7) is 10.2. The monoisotopic (exact) mass is 339 g/mol.